The number of Topliss-reactive ketones (excluding diaryl/α,β-unsaturated/α-hetero) is 4. The van der Waals surface area contributed by atoms with Crippen LogP contribution in [0, 0.1) is 35.5 Å². The highest BCUT2D eigenvalue weighted by Crippen LogP contribution is 2.08. The van der Waals surface area contributed by atoms with Crippen molar-refractivity contribution < 1.29 is 19.2 Å². The molecule has 3 rings (SSSR count). The van der Waals surface area contributed by atoms with Gasteiger partial charge in [-0.05, 0) is 56.6 Å². The molecule has 0 atom stereocenters. The van der Waals surface area contributed by atoms with Crippen LogP contribution in [-0.2, 0) is 27.2 Å². The molecule has 3 aromatic carbocycles. The lowest BCUT2D eigenvalue weighted by molar-refractivity contribution is -0.120. The van der Waals surface area contributed by atoms with Crippen molar-refractivity contribution >= 4 is 23.1 Å². The summed E-state index contributed by atoms with van der Waals surface area (Å²) in [7, 11) is 0. The first-order valence-electron chi connectivity index (χ1n) is 20.9. The largest absolute Gasteiger partial charge is 0.300 e. The summed E-state index contributed by atoms with van der Waals surface area (Å²) < 4.78 is 0. The Labute approximate surface area is 342 Å². The monoisotopic (exact) mass is 765 g/mol. The van der Waals surface area contributed by atoms with E-state index in [-0.39, 0.29) is 46.8 Å². The molecule has 0 spiro atoms. The molecule has 0 saturated heterocycles. The first kappa shape index (κ1) is 63.3. The Kier molecular flexibility index (Phi) is 51.5. The lowest BCUT2D eigenvalue weighted by atomic mass is 10.0. The second-order valence-corrected chi connectivity index (χ2v) is 14.3. The predicted molar refractivity (Wildman–Crippen MR) is 246 cm³/mol. The Balaban J connectivity index is -0.000000130. The molecule has 0 fully saturated rings. The van der Waals surface area contributed by atoms with Crippen molar-refractivity contribution in [1.82, 2.24) is 0 Å². The molecule has 4 heteroatoms. The topological polar surface area (TPSA) is 68.3 Å². The number of benzene rings is 3. The van der Waals surface area contributed by atoms with Crippen molar-refractivity contribution in [3.63, 3.8) is 0 Å². The zero-order chi connectivity index (χ0) is 44.5. The van der Waals surface area contributed by atoms with E-state index in [0.29, 0.717) is 0 Å². The van der Waals surface area contributed by atoms with Crippen LogP contribution >= 0.6 is 0 Å². The van der Waals surface area contributed by atoms with Crippen molar-refractivity contribution in [3.05, 3.63) is 108 Å². The van der Waals surface area contributed by atoms with E-state index in [0.717, 1.165) is 17.4 Å². The highest BCUT2D eigenvalue weighted by Gasteiger charge is 2.08. The number of rotatable bonds is 9. The van der Waals surface area contributed by atoms with Gasteiger partial charge in [0.2, 0.25) is 0 Å². The van der Waals surface area contributed by atoms with E-state index in [2.05, 4.69) is 88.4 Å². The van der Waals surface area contributed by atoms with E-state index >= 15 is 0 Å². The van der Waals surface area contributed by atoms with Gasteiger partial charge in [-0.25, -0.2) is 0 Å². The molecule has 0 N–H and O–H groups in total. The first-order valence-corrected chi connectivity index (χ1v) is 20.9. The van der Waals surface area contributed by atoms with E-state index in [4.69, 9.17) is 0 Å². The summed E-state index contributed by atoms with van der Waals surface area (Å²) in [6.45, 7) is 40.9. The van der Waals surface area contributed by atoms with Crippen molar-refractivity contribution in [1.29, 1.82) is 0 Å². The highest BCUT2D eigenvalue weighted by molar-refractivity contribution is 5.97. The molecule has 0 amide bonds. The molecule has 0 aromatic heterocycles. The Morgan fingerprint density at radius 2 is 0.564 bits per heavy atom. The fraction of sp³-hybridized carbons (Fsp3) is 0.569. The van der Waals surface area contributed by atoms with E-state index in [1.807, 2.05) is 127 Å². The molecule has 3 aromatic rings. The molecule has 0 aliphatic carbocycles. The second-order valence-electron chi connectivity index (χ2n) is 14.3. The van der Waals surface area contributed by atoms with Crippen molar-refractivity contribution in [2.45, 2.75) is 158 Å². The second kappa shape index (κ2) is 44.7. The molecule has 4 nitrogen and oxygen atoms in total. The van der Waals surface area contributed by atoms with Crippen LogP contribution in [0.3, 0.4) is 0 Å². The summed E-state index contributed by atoms with van der Waals surface area (Å²) in [6.07, 6.45) is 2.39. The van der Waals surface area contributed by atoms with E-state index in [1.165, 1.54) is 24.0 Å². The Morgan fingerprint density at radius 3 is 0.727 bits per heavy atom. The summed E-state index contributed by atoms with van der Waals surface area (Å²) in [5, 5.41) is 0. The van der Waals surface area contributed by atoms with Crippen LogP contribution in [0.1, 0.15) is 167 Å². The van der Waals surface area contributed by atoms with E-state index in [9.17, 15) is 19.2 Å². The van der Waals surface area contributed by atoms with Gasteiger partial charge in [0.1, 0.15) is 17.3 Å². The minimum Gasteiger partial charge on any atom is -0.300 e. The molecule has 0 aliphatic heterocycles. The molecular formula is C51H88O4. The standard InChI is InChI=1S/C10H12O.2C10H14.3C5H10O.3C2H6/c1-8(2)10(11)9-6-4-3-5-7-9;2*1-9(2)8-10-6-4-3-5-7-10;3*1-4(2)5(3)6;3*1-2/h3-8H,1-2H3;2*3-7,9H,8H2,1-2H3;3*4H,1-3H3;3*1-2H3. The molecule has 0 bridgehead atoms. The summed E-state index contributed by atoms with van der Waals surface area (Å²) >= 11 is 0. The third-order valence-corrected chi connectivity index (χ3v) is 7.00. The molecule has 0 unspecified atom stereocenters. The minimum absolute atomic E-state index is 0.0948. The van der Waals surface area contributed by atoms with Gasteiger partial charge in [-0.1, -0.05) is 216 Å². The first-order chi connectivity index (χ1) is 25.7. The Hall–Kier alpha value is -3.66. The number of ketones is 4. The Bertz CT molecular complexity index is 1150. The molecule has 0 radical (unpaired) electrons. The fourth-order valence-corrected chi connectivity index (χ4v) is 3.11. The smallest absolute Gasteiger partial charge is 0.165 e. The maximum atomic E-state index is 11.3. The van der Waals surface area contributed by atoms with Crippen molar-refractivity contribution in [2.75, 3.05) is 0 Å². The van der Waals surface area contributed by atoms with Crippen LogP contribution in [0.2, 0.25) is 0 Å². The molecule has 316 valence electrons. The molecule has 0 saturated carbocycles. The zero-order valence-corrected chi connectivity index (χ0v) is 39.7. The quantitative estimate of drug-likeness (QED) is 0.204. The third kappa shape index (κ3) is 50.3. The SMILES string of the molecule is CC.CC.CC.CC(=O)C(C)C.CC(=O)C(C)C.CC(=O)C(C)C.CC(C)C(=O)c1ccccc1.CC(C)Cc1ccccc1.CC(C)Cc1ccccc1. The zero-order valence-electron chi connectivity index (χ0n) is 39.7. The number of carbonyl (C=O) groups is 4. The average Bonchev–Trinajstić information content (AvgIpc) is 3.15. The maximum Gasteiger partial charge on any atom is 0.165 e. The number of hydrogen-bond donors (Lipinski definition) is 0. The van der Waals surface area contributed by atoms with Crippen LogP contribution < -0.4 is 0 Å². The van der Waals surface area contributed by atoms with Crippen LogP contribution in [0.4, 0.5) is 0 Å². The summed E-state index contributed by atoms with van der Waals surface area (Å²) in [4.78, 5) is 41.8. The fourth-order valence-electron chi connectivity index (χ4n) is 3.11. The number of carbonyl (C=O) groups excluding carboxylic acids is 4. The van der Waals surface area contributed by atoms with Gasteiger partial charge in [0, 0.05) is 29.2 Å². The van der Waals surface area contributed by atoms with Crippen LogP contribution in [0.15, 0.2) is 91.0 Å². The molecule has 0 aliphatic rings. The lowest BCUT2D eigenvalue weighted by Gasteiger charge is -2.02. The predicted octanol–water partition coefficient (Wildman–Crippen LogP) is 15.1. The van der Waals surface area contributed by atoms with E-state index in [1.54, 1.807) is 20.8 Å². The van der Waals surface area contributed by atoms with Gasteiger partial charge in [0.25, 0.3) is 0 Å². The van der Waals surface area contributed by atoms with Gasteiger partial charge in [-0.15, -0.1) is 0 Å². The van der Waals surface area contributed by atoms with Crippen LogP contribution in [0.25, 0.3) is 0 Å². The summed E-state index contributed by atoms with van der Waals surface area (Å²) in [5.74, 6) is 3.26. The summed E-state index contributed by atoms with van der Waals surface area (Å²) in [5.41, 5.74) is 3.69. The molecule has 55 heavy (non-hydrogen) atoms. The maximum absolute atomic E-state index is 11.3. The van der Waals surface area contributed by atoms with Crippen molar-refractivity contribution in [2.24, 2.45) is 35.5 Å². The molecular weight excluding hydrogens is 677 g/mol. The average molecular weight is 765 g/mol. The molecule has 0 heterocycles. The third-order valence-electron chi connectivity index (χ3n) is 7.00. The van der Waals surface area contributed by atoms with Gasteiger partial charge in [0.05, 0.1) is 0 Å². The summed E-state index contributed by atoms with van der Waals surface area (Å²) in [6, 6.07) is 30.6. The lowest BCUT2D eigenvalue weighted by Crippen LogP contribution is -2.06. The highest BCUT2D eigenvalue weighted by atomic mass is 16.1. The van der Waals surface area contributed by atoms with Gasteiger partial charge < -0.3 is 0 Å². The van der Waals surface area contributed by atoms with Gasteiger partial charge in [0.15, 0.2) is 5.78 Å². The van der Waals surface area contributed by atoms with Gasteiger partial charge in [-0.3, -0.25) is 19.2 Å². The normalized spacial score (nSPS) is 9.15. The minimum atomic E-state index is 0.0948. The van der Waals surface area contributed by atoms with Gasteiger partial charge in [-0.2, -0.15) is 0 Å². The van der Waals surface area contributed by atoms with Crippen molar-refractivity contribution in [3.8, 4) is 0 Å². The number of hydrogen-bond acceptors (Lipinski definition) is 4. The van der Waals surface area contributed by atoms with Crippen LogP contribution in [-0.4, -0.2) is 23.1 Å². The van der Waals surface area contributed by atoms with E-state index < -0.39 is 0 Å². The van der Waals surface area contributed by atoms with Crippen LogP contribution in [0.5, 0.6) is 0 Å². The van der Waals surface area contributed by atoms with Gasteiger partial charge >= 0.3 is 0 Å². The Morgan fingerprint density at radius 1 is 0.364 bits per heavy atom.